The van der Waals surface area contributed by atoms with Gasteiger partial charge in [-0.2, -0.15) is 0 Å². The van der Waals surface area contributed by atoms with Crippen LogP contribution in [-0.4, -0.2) is 27.5 Å². The molecule has 4 rings (SSSR count). The fourth-order valence-corrected chi connectivity index (χ4v) is 3.52. The highest BCUT2D eigenvalue weighted by Crippen LogP contribution is 2.34. The van der Waals surface area contributed by atoms with Crippen LogP contribution in [-0.2, 0) is 6.42 Å². The lowest BCUT2D eigenvalue weighted by atomic mass is 10.1. The zero-order chi connectivity index (χ0) is 18.8. The number of likely N-dealkylation sites (tertiary alicyclic amines) is 1. The van der Waals surface area contributed by atoms with Gasteiger partial charge in [0, 0.05) is 22.7 Å². The van der Waals surface area contributed by atoms with Gasteiger partial charge in [-0.15, -0.1) is 10.2 Å². The number of hydrogen-bond acceptors (Lipinski definition) is 4. The second-order valence-corrected chi connectivity index (χ2v) is 7.10. The molecule has 27 heavy (non-hydrogen) atoms. The van der Waals surface area contributed by atoms with Crippen molar-refractivity contribution in [3.63, 3.8) is 0 Å². The molecule has 2 heterocycles. The predicted molar refractivity (Wildman–Crippen MR) is 104 cm³/mol. The smallest absolute Gasteiger partial charge is 0.254 e. The normalized spacial score (nSPS) is 16.7. The molecule has 1 fully saturated rings. The van der Waals surface area contributed by atoms with Crippen LogP contribution in [0.25, 0.3) is 11.5 Å². The largest absolute Gasteiger partial charge is 0.418 e. The number of aromatic nitrogens is 2. The van der Waals surface area contributed by atoms with Gasteiger partial charge in [0.05, 0.1) is 0 Å². The van der Waals surface area contributed by atoms with E-state index in [9.17, 15) is 4.79 Å². The van der Waals surface area contributed by atoms with Gasteiger partial charge in [0.2, 0.25) is 11.8 Å². The van der Waals surface area contributed by atoms with Crippen LogP contribution in [0.15, 0.2) is 52.9 Å². The molecule has 3 aromatic rings. The number of hydrogen-bond donors (Lipinski definition) is 0. The van der Waals surface area contributed by atoms with Gasteiger partial charge in [-0.1, -0.05) is 30.7 Å². The van der Waals surface area contributed by atoms with E-state index in [1.807, 2.05) is 41.3 Å². The third kappa shape index (κ3) is 3.60. The van der Waals surface area contributed by atoms with E-state index in [1.165, 1.54) is 5.56 Å². The van der Waals surface area contributed by atoms with Crippen LogP contribution in [0.3, 0.4) is 0 Å². The molecule has 0 N–H and O–H groups in total. The van der Waals surface area contributed by atoms with Gasteiger partial charge in [-0.25, -0.2) is 0 Å². The molecule has 1 aromatic heterocycles. The Kier molecular flexibility index (Phi) is 4.94. The monoisotopic (exact) mass is 381 g/mol. The van der Waals surface area contributed by atoms with Crippen LogP contribution in [0.1, 0.15) is 47.6 Å². The van der Waals surface area contributed by atoms with E-state index in [1.54, 1.807) is 12.1 Å². The molecule has 0 bridgehead atoms. The van der Waals surface area contributed by atoms with Crippen LogP contribution in [0.4, 0.5) is 0 Å². The fourth-order valence-electron chi connectivity index (χ4n) is 3.39. The van der Waals surface area contributed by atoms with E-state index < -0.39 is 0 Å². The summed E-state index contributed by atoms with van der Waals surface area (Å²) in [7, 11) is 0. The molecule has 0 radical (unpaired) electrons. The molecule has 6 heteroatoms. The Morgan fingerprint density at radius 1 is 1.15 bits per heavy atom. The first-order valence-corrected chi connectivity index (χ1v) is 9.52. The molecule has 1 saturated heterocycles. The van der Waals surface area contributed by atoms with Crippen LogP contribution >= 0.6 is 11.6 Å². The van der Waals surface area contributed by atoms with Gasteiger partial charge < -0.3 is 9.32 Å². The van der Waals surface area contributed by atoms with Gasteiger partial charge >= 0.3 is 0 Å². The summed E-state index contributed by atoms with van der Waals surface area (Å²) in [4.78, 5) is 14.8. The third-order valence-corrected chi connectivity index (χ3v) is 5.19. The van der Waals surface area contributed by atoms with Crippen molar-refractivity contribution in [2.75, 3.05) is 6.54 Å². The number of rotatable bonds is 4. The van der Waals surface area contributed by atoms with E-state index in [0.717, 1.165) is 24.8 Å². The molecule has 1 aliphatic rings. The predicted octanol–water partition coefficient (Wildman–Crippen LogP) is 4.93. The molecule has 1 atom stereocenters. The van der Waals surface area contributed by atoms with Crippen molar-refractivity contribution < 1.29 is 9.21 Å². The number of amides is 1. The van der Waals surface area contributed by atoms with Crippen molar-refractivity contribution in [1.82, 2.24) is 15.1 Å². The highest BCUT2D eigenvalue weighted by Gasteiger charge is 2.34. The molecule has 1 aliphatic heterocycles. The first kappa shape index (κ1) is 17.7. The molecule has 1 amide bonds. The lowest BCUT2D eigenvalue weighted by Gasteiger charge is -2.22. The van der Waals surface area contributed by atoms with Crippen molar-refractivity contribution in [2.24, 2.45) is 0 Å². The first-order valence-electron chi connectivity index (χ1n) is 9.15. The SMILES string of the molecule is CCc1ccc(C(=O)N2CCCC2c2nnc(-c3ccc(Cl)cc3)o2)cc1. The maximum absolute atomic E-state index is 13.0. The molecule has 5 nitrogen and oxygen atoms in total. The number of aryl methyl sites for hydroxylation is 1. The maximum Gasteiger partial charge on any atom is 0.254 e. The summed E-state index contributed by atoms with van der Waals surface area (Å²) in [5.41, 5.74) is 2.72. The molecular weight excluding hydrogens is 362 g/mol. The van der Waals surface area contributed by atoms with Crippen molar-refractivity contribution in [3.8, 4) is 11.5 Å². The van der Waals surface area contributed by atoms with Gasteiger partial charge in [0.25, 0.3) is 5.91 Å². The van der Waals surface area contributed by atoms with Crippen molar-refractivity contribution >= 4 is 17.5 Å². The van der Waals surface area contributed by atoms with Gasteiger partial charge in [0.1, 0.15) is 6.04 Å². The third-order valence-electron chi connectivity index (χ3n) is 4.94. The zero-order valence-corrected chi connectivity index (χ0v) is 15.8. The first-order chi connectivity index (χ1) is 13.2. The Hall–Kier alpha value is -2.66. The Morgan fingerprint density at radius 2 is 1.89 bits per heavy atom. The minimum Gasteiger partial charge on any atom is -0.418 e. The molecule has 2 aromatic carbocycles. The molecule has 0 spiro atoms. The average molecular weight is 382 g/mol. The minimum atomic E-state index is -0.183. The molecule has 0 saturated carbocycles. The Bertz CT molecular complexity index is 935. The van der Waals surface area contributed by atoms with E-state index in [2.05, 4.69) is 17.1 Å². The summed E-state index contributed by atoms with van der Waals surface area (Å²) in [6, 6.07) is 14.9. The lowest BCUT2D eigenvalue weighted by molar-refractivity contribution is 0.0716. The summed E-state index contributed by atoms with van der Waals surface area (Å²) in [6.45, 7) is 2.79. The van der Waals surface area contributed by atoms with Crippen molar-refractivity contribution in [1.29, 1.82) is 0 Å². The second kappa shape index (κ2) is 7.53. The fraction of sp³-hybridized carbons (Fsp3) is 0.286. The number of halogens is 1. The second-order valence-electron chi connectivity index (χ2n) is 6.66. The van der Waals surface area contributed by atoms with E-state index >= 15 is 0 Å². The summed E-state index contributed by atoms with van der Waals surface area (Å²) >= 11 is 5.93. The number of carbonyl (C=O) groups excluding carboxylic acids is 1. The number of nitrogens with zero attached hydrogens (tertiary/aromatic N) is 3. The average Bonchev–Trinajstić information content (AvgIpc) is 3.37. The van der Waals surface area contributed by atoms with E-state index in [-0.39, 0.29) is 11.9 Å². The Morgan fingerprint density at radius 3 is 2.59 bits per heavy atom. The quantitative estimate of drug-likeness (QED) is 0.642. The van der Waals surface area contributed by atoms with Crippen LogP contribution < -0.4 is 0 Å². The molecular formula is C21H20ClN3O2. The minimum absolute atomic E-state index is 0.00592. The van der Waals surface area contributed by atoms with Crippen LogP contribution in [0.2, 0.25) is 5.02 Å². The topological polar surface area (TPSA) is 59.2 Å². The highest BCUT2D eigenvalue weighted by molar-refractivity contribution is 6.30. The van der Waals surface area contributed by atoms with Gasteiger partial charge in [-0.05, 0) is 61.2 Å². The highest BCUT2D eigenvalue weighted by atomic mass is 35.5. The van der Waals surface area contributed by atoms with E-state index in [4.69, 9.17) is 16.0 Å². The molecule has 1 unspecified atom stereocenters. The molecule has 138 valence electrons. The maximum atomic E-state index is 13.0. The Labute approximate surface area is 163 Å². The zero-order valence-electron chi connectivity index (χ0n) is 15.1. The van der Waals surface area contributed by atoms with Crippen LogP contribution in [0, 0.1) is 0 Å². The number of benzene rings is 2. The Balaban J connectivity index is 1.56. The van der Waals surface area contributed by atoms with Crippen molar-refractivity contribution in [3.05, 3.63) is 70.6 Å². The standard InChI is InChI=1S/C21H20ClN3O2/c1-2-14-5-7-16(8-6-14)21(26)25-13-3-4-18(25)20-24-23-19(27-20)15-9-11-17(22)12-10-15/h5-12,18H,2-4,13H2,1H3. The lowest BCUT2D eigenvalue weighted by Crippen LogP contribution is -2.30. The van der Waals surface area contributed by atoms with Gasteiger partial charge in [-0.3, -0.25) is 4.79 Å². The summed E-state index contributed by atoms with van der Waals surface area (Å²) in [6.07, 6.45) is 2.69. The molecule has 0 aliphatic carbocycles. The summed E-state index contributed by atoms with van der Waals surface area (Å²) < 4.78 is 5.89. The summed E-state index contributed by atoms with van der Waals surface area (Å²) in [5, 5.41) is 9.01. The van der Waals surface area contributed by atoms with Gasteiger partial charge in [0.15, 0.2) is 0 Å². The van der Waals surface area contributed by atoms with Crippen LogP contribution in [0.5, 0.6) is 0 Å². The number of carbonyl (C=O) groups is 1. The van der Waals surface area contributed by atoms with Crippen molar-refractivity contribution in [2.45, 2.75) is 32.2 Å². The summed E-state index contributed by atoms with van der Waals surface area (Å²) in [5.74, 6) is 0.927. The van der Waals surface area contributed by atoms with E-state index in [0.29, 0.717) is 28.9 Å².